The second kappa shape index (κ2) is 4.99. The topological polar surface area (TPSA) is 38.9 Å². The van der Waals surface area contributed by atoms with Gasteiger partial charge >= 0.3 is 0 Å². The van der Waals surface area contributed by atoms with Gasteiger partial charge in [-0.1, -0.05) is 47.1 Å². The van der Waals surface area contributed by atoms with E-state index in [2.05, 4.69) is 71.1 Å². The van der Waals surface area contributed by atoms with Gasteiger partial charge in [-0.25, -0.2) is 0 Å². The van der Waals surface area contributed by atoms with Crippen LogP contribution in [-0.2, 0) is 5.41 Å². The van der Waals surface area contributed by atoms with Crippen molar-refractivity contribution in [1.82, 2.24) is 10.1 Å². The minimum atomic E-state index is -0.225. The first-order valence-corrected chi connectivity index (χ1v) is 7.91. The highest BCUT2D eigenvalue weighted by molar-refractivity contribution is 9.10. The van der Waals surface area contributed by atoms with Gasteiger partial charge in [0, 0.05) is 10.4 Å². The van der Waals surface area contributed by atoms with Crippen LogP contribution < -0.4 is 0 Å². The largest absolute Gasteiger partial charge is 0.339 e. The van der Waals surface area contributed by atoms with Crippen LogP contribution in [0.5, 0.6) is 0 Å². The van der Waals surface area contributed by atoms with Crippen molar-refractivity contribution in [3.05, 3.63) is 46.0 Å². The molecular formula is C16H19BrN2O. The molecule has 1 aromatic heterocycles. The maximum atomic E-state index is 5.46. The van der Waals surface area contributed by atoms with E-state index in [1.165, 1.54) is 18.4 Å². The fourth-order valence-electron chi connectivity index (χ4n) is 2.46. The molecule has 1 aliphatic carbocycles. The summed E-state index contributed by atoms with van der Waals surface area (Å²) in [5.41, 5.74) is 0.996. The van der Waals surface area contributed by atoms with Gasteiger partial charge < -0.3 is 4.52 Å². The molecule has 20 heavy (non-hydrogen) atoms. The summed E-state index contributed by atoms with van der Waals surface area (Å²) in [6, 6.07) is 8.41. The Morgan fingerprint density at radius 3 is 2.45 bits per heavy atom. The van der Waals surface area contributed by atoms with E-state index in [1.807, 2.05) is 0 Å². The number of nitrogens with zero attached hydrogens (tertiary/aromatic N) is 2. The van der Waals surface area contributed by atoms with Crippen molar-refractivity contribution in [2.24, 2.45) is 5.92 Å². The first-order chi connectivity index (χ1) is 9.51. The Bertz CT molecular complexity index is 601. The summed E-state index contributed by atoms with van der Waals surface area (Å²) in [6.45, 7) is 6.60. The predicted octanol–water partition coefficient (Wildman–Crippen LogP) is 4.67. The van der Waals surface area contributed by atoms with Crippen LogP contribution in [0.3, 0.4) is 0 Å². The lowest BCUT2D eigenvalue weighted by atomic mass is 9.73. The first kappa shape index (κ1) is 13.8. The van der Waals surface area contributed by atoms with Crippen molar-refractivity contribution in [2.45, 2.75) is 44.9 Å². The molecule has 0 radical (unpaired) electrons. The minimum Gasteiger partial charge on any atom is -0.339 e. The molecule has 0 amide bonds. The van der Waals surface area contributed by atoms with Crippen molar-refractivity contribution in [1.29, 1.82) is 0 Å². The predicted molar refractivity (Wildman–Crippen MR) is 81.7 cm³/mol. The van der Waals surface area contributed by atoms with Crippen molar-refractivity contribution in [3.63, 3.8) is 0 Å². The van der Waals surface area contributed by atoms with E-state index < -0.39 is 0 Å². The lowest BCUT2D eigenvalue weighted by Crippen LogP contribution is -2.31. The van der Waals surface area contributed by atoms with E-state index in [4.69, 9.17) is 4.52 Å². The van der Waals surface area contributed by atoms with Crippen molar-refractivity contribution < 1.29 is 4.52 Å². The standard InChI is InChI=1S/C16H19BrN2O/c1-10(2)16(3,12-6-8-13(17)9-7-12)15-18-14(20-19-15)11-4-5-11/h6-11H,4-5H2,1-3H3. The van der Waals surface area contributed by atoms with Crippen LogP contribution in [0.2, 0.25) is 0 Å². The average Bonchev–Trinajstić information content (AvgIpc) is 3.16. The molecule has 0 bridgehead atoms. The average molecular weight is 335 g/mol. The van der Waals surface area contributed by atoms with Crippen LogP contribution in [0, 0.1) is 5.92 Å². The summed E-state index contributed by atoms with van der Waals surface area (Å²) in [5.74, 6) is 2.49. The molecule has 1 fully saturated rings. The van der Waals surface area contributed by atoms with Gasteiger partial charge in [0.2, 0.25) is 5.89 Å². The lowest BCUT2D eigenvalue weighted by molar-refractivity contribution is 0.337. The number of halogens is 1. The lowest BCUT2D eigenvalue weighted by Gasteiger charge is -2.31. The Labute approximate surface area is 127 Å². The second-order valence-corrected chi connectivity index (χ2v) is 7.01. The van der Waals surface area contributed by atoms with Gasteiger partial charge in [-0.15, -0.1) is 0 Å². The zero-order chi connectivity index (χ0) is 14.3. The highest BCUT2D eigenvalue weighted by atomic mass is 79.9. The van der Waals surface area contributed by atoms with Crippen molar-refractivity contribution in [2.75, 3.05) is 0 Å². The molecule has 1 aliphatic rings. The van der Waals surface area contributed by atoms with Gasteiger partial charge in [-0.2, -0.15) is 4.98 Å². The van der Waals surface area contributed by atoms with Gasteiger partial charge in [0.15, 0.2) is 5.82 Å². The Morgan fingerprint density at radius 2 is 1.90 bits per heavy atom. The van der Waals surface area contributed by atoms with Crippen molar-refractivity contribution in [3.8, 4) is 0 Å². The van der Waals surface area contributed by atoms with Crippen LogP contribution in [0.1, 0.15) is 56.8 Å². The summed E-state index contributed by atoms with van der Waals surface area (Å²) >= 11 is 3.49. The summed E-state index contributed by atoms with van der Waals surface area (Å²) in [7, 11) is 0. The van der Waals surface area contributed by atoms with E-state index >= 15 is 0 Å². The molecule has 3 rings (SSSR count). The molecule has 0 N–H and O–H groups in total. The van der Waals surface area contributed by atoms with Gasteiger partial charge in [0.25, 0.3) is 0 Å². The van der Waals surface area contributed by atoms with Gasteiger partial charge in [0.05, 0.1) is 5.41 Å². The molecule has 0 spiro atoms. The quantitative estimate of drug-likeness (QED) is 0.815. The number of aromatic nitrogens is 2. The van der Waals surface area contributed by atoms with E-state index in [1.54, 1.807) is 0 Å². The number of hydrogen-bond donors (Lipinski definition) is 0. The van der Waals surface area contributed by atoms with Crippen LogP contribution in [0.4, 0.5) is 0 Å². The molecule has 1 saturated carbocycles. The van der Waals surface area contributed by atoms with Gasteiger partial charge in [-0.3, -0.25) is 0 Å². The fourth-order valence-corrected chi connectivity index (χ4v) is 2.72. The van der Waals surface area contributed by atoms with E-state index in [0.717, 1.165) is 16.2 Å². The number of rotatable bonds is 4. The van der Waals surface area contributed by atoms with Crippen LogP contribution >= 0.6 is 15.9 Å². The normalized spacial score (nSPS) is 18.2. The Kier molecular flexibility index (Phi) is 3.44. The van der Waals surface area contributed by atoms with Gasteiger partial charge in [-0.05, 0) is 43.4 Å². The second-order valence-electron chi connectivity index (χ2n) is 6.09. The molecule has 1 atom stereocenters. The number of hydrogen-bond acceptors (Lipinski definition) is 3. The summed E-state index contributed by atoms with van der Waals surface area (Å²) < 4.78 is 6.54. The maximum Gasteiger partial charge on any atom is 0.229 e. The molecule has 2 aromatic rings. The Hall–Kier alpha value is -1.16. The Balaban J connectivity index is 2.03. The summed E-state index contributed by atoms with van der Waals surface area (Å²) in [6.07, 6.45) is 2.36. The van der Waals surface area contributed by atoms with E-state index in [9.17, 15) is 0 Å². The molecular weight excluding hydrogens is 316 g/mol. The molecule has 106 valence electrons. The first-order valence-electron chi connectivity index (χ1n) is 7.12. The fraction of sp³-hybridized carbons (Fsp3) is 0.500. The third-order valence-electron chi connectivity index (χ3n) is 4.43. The highest BCUT2D eigenvalue weighted by Gasteiger charge is 2.39. The zero-order valence-corrected chi connectivity index (χ0v) is 13.6. The minimum absolute atomic E-state index is 0.225. The van der Waals surface area contributed by atoms with Gasteiger partial charge in [0.1, 0.15) is 0 Å². The Morgan fingerprint density at radius 1 is 1.25 bits per heavy atom. The molecule has 0 saturated heterocycles. The highest BCUT2D eigenvalue weighted by Crippen LogP contribution is 2.42. The summed E-state index contributed by atoms with van der Waals surface area (Å²) in [4.78, 5) is 4.67. The molecule has 3 nitrogen and oxygen atoms in total. The molecule has 1 unspecified atom stereocenters. The van der Waals surface area contributed by atoms with Crippen LogP contribution in [-0.4, -0.2) is 10.1 Å². The van der Waals surface area contributed by atoms with E-state index in [0.29, 0.717) is 11.8 Å². The maximum absolute atomic E-state index is 5.46. The third kappa shape index (κ3) is 2.30. The van der Waals surface area contributed by atoms with Crippen LogP contribution in [0.25, 0.3) is 0 Å². The molecule has 1 heterocycles. The molecule has 0 aliphatic heterocycles. The number of benzene rings is 1. The summed E-state index contributed by atoms with van der Waals surface area (Å²) in [5, 5.41) is 4.27. The van der Waals surface area contributed by atoms with Crippen LogP contribution in [0.15, 0.2) is 33.3 Å². The van der Waals surface area contributed by atoms with Crippen molar-refractivity contribution >= 4 is 15.9 Å². The third-order valence-corrected chi connectivity index (χ3v) is 4.96. The van der Waals surface area contributed by atoms with E-state index in [-0.39, 0.29) is 5.41 Å². The molecule has 4 heteroatoms. The monoisotopic (exact) mass is 334 g/mol. The zero-order valence-electron chi connectivity index (χ0n) is 12.1. The molecule has 1 aromatic carbocycles. The SMILES string of the molecule is CC(C)C(C)(c1ccc(Br)cc1)c1noc(C2CC2)n1. The smallest absolute Gasteiger partial charge is 0.229 e.